The number of carbonyl (C=O) groups excluding carboxylic acids is 1. The van der Waals surface area contributed by atoms with Gasteiger partial charge in [0.05, 0.1) is 15.6 Å². The van der Waals surface area contributed by atoms with Crippen LogP contribution in [0.4, 0.5) is 15.8 Å². The Labute approximate surface area is 165 Å². The number of nitrogens with zero attached hydrogens (tertiary/aromatic N) is 1. The molecule has 11 heteroatoms. The Hall–Kier alpha value is -2.56. The van der Waals surface area contributed by atoms with Gasteiger partial charge in [-0.1, -0.05) is 11.6 Å². The van der Waals surface area contributed by atoms with Gasteiger partial charge in [0.1, 0.15) is 10.7 Å². The molecule has 2 aromatic rings. The molecule has 0 aliphatic heterocycles. The second-order valence-electron chi connectivity index (χ2n) is 6.88. The summed E-state index contributed by atoms with van der Waals surface area (Å²) in [7, 11) is -4.03. The average molecular weight is 430 g/mol. The number of carbonyl (C=O) groups is 1. The van der Waals surface area contributed by atoms with Crippen LogP contribution in [-0.2, 0) is 10.0 Å². The van der Waals surface area contributed by atoms with Crippen LogP contribution in [0.15, 0.2) is 41.3 Å². The molecule has 0 radical (unpaired) electrons. The topological polar surface area (TPSA) is 118 Å². The first kappa shape index (κ1) is 21.7. The zero-order chi connectivity index (χ0) is 21.3. The van der Waals surface area contributed by atoms with Crippen molar-refractivity contribution in [3.63, 3.8) is 0 Å². The molecule has 150 valence electrons. The van der Waals surface area contributed by atoms with Crippen LogP contribution in [-0.4, -0.2) is 24.8 Å². The number of sulfonamides is 1. The Balaban J connectivity index is 2.38. The summed E-state index contributed by atoms with van der Waals surface area (Å²) in [5.74, 6) is -1.74. The van der Waals surface area contributed by atoms with Gasteiger partial charge in [-0.05, 0) is 45.0 Å². The Morgan fingerprint density at radius 1 is 1.18 bits per heavy atom. The van der Waals surface area contributed by atoms with Crippen LogP contribution >= 0.6 is 11.6 Å². The summed E-state index contributed by atoms with van der Waals surface area (Å²) in [6.45, 7) is 4.92. The number of halogens is 2. The van der Waals surface area contributed by atoms with Crippen molar-refractivity contribution in [3.8, 4) is 0 Å². The summed E-state index contributed by atoms with van der Waals surface area (Å²) in [5.41, 5.74) is -1.73. The number of nitro groups is 1. The highest BCUT2D eigenvalue weighted by atomic mass is 35.5. The quantitative estimate of drug-likeness (QED) is 0.554. The summed E-state index contributed by atoms with van der Waals surface area (Å²) in [6.07, 6.45) is 0. The largest absolute Gasteiger partial charge is 0.319 e. The van der Waals surface area contributed by atoms with Crippen LogP contribution in [0.3, 0.4) is 0 Å². The van der Waals surface area contributed by atoms with Crippen molar-refractivity contribution in [3.05, 3.63) is 62.9 Å². The van der Waals surface area contributed by atoms with Gasteiger partial charge in [0.15, 0.2) is 0 Å². The maximum Gasteiger partial charge on any atom is 0.271 e. The number of rotatable bonds is 5. The third-order valence-electron chi connectivity index (χ3n) is 3.33. The molecule has 0 atom stereocenters. The SMILES string of the molecule is CC(C)(C)NS(=O)(=O)c1cc(C(=O)Nc2cc([N+](=O)[O-])ccc2F)ccc1Cl. The highest BCUT2D eigenvalue weighted by Crippen LogP contribution is 2.26. The standard InChI is InChI=1S/C17H17ClFN3O5S/c1-17(2,3)21-28(26,27)15-8-10(4-6-12(15)18)16(23)20-14-9-11(22(24)25)5-7-13(14)19/h4-9,21H,1-3H3,(H,20,23). The van der Waals surface area contributed by atoms with E-state index in [0.717, 1.165) is 24.3 Å². The molecule has 2 rings (SSSR count). The molecule has 0 aromatic heterocycles. The lowest BCUT2D eigenvalue weighted by molar-refractivity contribution is -0.384. The highest BCUT2D eigenvalue weighted by molar-refractivity contribution is 7.89. The van der Waals surface area contributed by atoms with Crippen molar-refractivity contribution in [2.45, 2.75) is 31.2 Å². The maximum absolute atomic E-state index is 13.9. The van der Waals surface area contributed by atoms with E-state index in [1.54, 1.807) is 20.8 Å². The van der Waals surface area contributed by atoms with E-state index in [0.29, 0.717) is 0 Å². The summed E-state index contributed by atoms with van der Waals surface area (Å²) in [4.78, 5) is 22.2. The molecular weight excluding hydrogens is 413 g/mol. The molecule has 1 amide bonds. The van der Waals surface area contributed by atoms with Gasteiger partial charge in [-0.25, -0.2) is 17.5 Å². The third kappa shape index (κ3) is 5.24. The molecule has 0 saturated carbocycles. The number of hydrogen-bond donors (Lipinski definition) is 2. The Kier molecular flexibility index (Phi) is 6.07. The lowest BCUT2D eigenvalue weighted by Gasteiger charge is -2.21. The van der Waals surface area contributed by atoms with Crippen molar-refractivity contribution < 1.29 is 22.5 Å². The van der Waals surface area contributed by atoms with Gasteiger partial charge >= 0.3 is 0 Å². The van der Waals surface area contributed by atoms with Gasteiger partial charge in [0.2, 0.25) is 10.0 Å². The zero-order valence-electron chi connectivity index (χ0n) is 15.1. The van der Waals surface area contributed by atoms with Crippen molar-refractivity contribution >= 4 is 38.9 Å². The monoisotopic (exact) mass is 429 g/mol. The number of benzene rings is 2. The molecule has 0 saturated heterocycles. The predicted molar refractivity (Wildman–Crippen MR) is 103 cm³/mol. The van der Waals surface area contributed by atoms with Crippen LogP contribution in [0.5, 0.6) is 0 Å². The number of hydrogen-bond acceptors (Lipinski definition) is 5. The number of amides is 1. The molecule has 0 spiro atoms. The van der Waals surface area contributed by atoms with E-state index in [2.05, 4.69) is 10.0 Å². The molecule has 0 heterocycles. The first-order valence-electron chi connectivity index (χ1n) is 7.89. The van der Waals surface area contributed by atoms with E-state index in [4.69, 9.17) is 11.6 Å². The van der Waals surface area contributed by atoms with E-state index < -0.39 is 43.6 Å². The Bertz CT molecular complexity index is 1050. The summed E-state index contributed by atoms with van der Waals surface area (Å²) < 4.78 is 41.3. The fourth-order valence-corrected chi connectivity index (χ4v) is 4.17. The zero-order valence-corrected chi connectivity index (χ0v) is 16.7. The molecule has 0 aliphatic carbocycles. The predicted octanol–water partition coefficient (Wildman–Crippen LogP) is 3.72. The smallest absolute Gasteiger partial charge is 0.271 e. The van der Waals surface area contributed by atoms with Gasteiger partial charge < -0.3 is 5.32 Å². The second-order valence-corrected chi connectivity index (χ2v) is 8.93. The first-order chi connectivity index (χ1) is 12.8. The maximum atomic E-state index is 13.9. The molecular formula is C17H17ClFN3O5S. The molecule has 2 N–H and O–H groups in total. The summed E-state index contributed by atoms with van der Waals surface area (Å²) in [6, 6.07) is 6.18. The normalized spacial score (nSPS) is 11.9. The van der Waals surface area contributed by atoms with Crippen LogP contribution < -0.4 is 10.0 Å². The third-order valence-corrected chi connectivity index (χ3v) is 5.57. The molecule has 8 nitrogen and oxygen atoms in total. The second kappa shape index (κ2) is 7.82. The number of nitrogens with one attached hydrogen (secondary N) is 2. The van der Waals surface area contributed by atoms with Crippen molar-refractivity contribution in [2.75, 3.05) is 5.32 Å². The van der Waals surface area contributed by atoms with Crippen molar-refractivity contribution in [1.29, 1.82) is 0 Å². The van der Waals surface area contributed by atoms with Crippen LogP contribution in [0.2, 0.25) is 5.02 Å². The summed E-state index contributed by atoms with van der Waals surface area (Å²) in [5, 5.41) is 12.9. The molecule has 0 bridgehead atoms. The van der Waals surface area contributed by atoms with Gasteiger partial charge in [-0.3, -0.25) is 14.9 Å². The van der Waals surface area contributed by atoms with Gasteiger partial charge in [-0.15, -0.1) is 0 Å². The van der Waals surface area contributed by atoms with Crippen LogP contribution in [0.1, 0.15) is 31.1 Å². The molecule has 28 heavy (non-hydrogen) atoms. The highest BCUT2D eigenvalue weighted by Gasteiger charge is 2.25. The lowest BCUT2D eigenvalue weighted by Crippen LogP contribution is -2.40. The van der Waals surface area contributed by atoms with Crippen LogP contribution in [0.25, 0.3) is 0 Å². The minimum atomic E-state index is -4.03. The molecule has 2 aromatic carbocycles. The number of anilines is 1. The van der Waals surface area contributed by atoms with Gasteiger partial charge in [0.25, 0.3) is 11.6 Å². The van der Waals surface area contributed by atoms with Crippen molar-refractivity contribution in [1.82, 2.24) is 4.72 Å². The molecule has 0 fully saturated rings. The van der Waals surface area contributed by atoms with E-state index in [1.165, 1.54) is 12.1 Å². The van der Waals surface area contributed by atoms with E-state index >= 15 is 0 Å². The first-order valence-corrected chi connectivity index (χ1v) is 9.75. The van der Waals surface area contributed by atoms with Crippen molar-refractivity contribution in [2.24, 2.45) is 0 Å². The fourth-order valence-electron chi connectivity index (χ4n) is 2.23. The minimum Gasteiger partial charge on any atom is -0.319 e. The van der Waals surface area contributed by atoms with Crippen LogP contribution in [0, 0.1) is 15.9 Å². The fraction of sp³-hybridized carbons (Fsp3) is 0.235. The Morgan fingerprint density at radius 2 is 1.82 bits per heavy atom. The average Bonchev–Trinajstić information content (AvgIpc) is 2.54. The summed E-state index contributed by atoms with van der Waals surface area (Å²) >= 11 is 5.97. The molecule has 0 unspecified atom stereocenters. The number of non-ortho nitro benzene ring substituents is 1. The minimum absolute atomic E-state index is 0.102. The van der Waals surface area contributed by atoms with Gasteiger partial charge in [0, 0.05) is 23.2 Å². The Morgan fingerprint density at radius 3 is 2.39 bits per heavy atom. The van der Waals surface area contributed by atoms with E-state index in [1.807, 2.05) is 0 Å². The molecule has 0 aliphatic rings. The lowest BCUT2D eigenvalue weighted by atomic mass is 10.1. The number of nitro benzene ring substituents is 1. The van der Waals surface area contributed by atoms with E-state index in [9.17, 15) is 27.7 Å². The van der Waals surface area contributed by atoms with Gasteiger partial charge in [-0.2, -0.15) is 0 Å². The van der Waals surface area contributed by atoms with E-state index in [-0.39, 0.29) is 15.5 Å².